The Balaban J connectivity index is 2.84. The lowest BCUT2D eigenvalue weighted by atomic mass is 9.84. The van der Waals surface area contributed by atoms with E-state index in [0.717, 1.165) is 11.3 Å². The molecule has 17 heavy (non-hydrogen) atoms. The lowest BCUT2D eigenvalue weighted by Gasteiger charge is -2.27. The number of hydrogen-bond donors (Lipinski definition) is 1. The van der Waals surface area contributed by atoms with Gasteiger partial charge in [0.15, 0.2) is 0 Å². The number of hydrogen-bond acceptors (Lipinski definition) is 3. The van der Waals surface area contributed by atoms with Gasteiger partial charge in [0.1, 0.15) is 5.75 Å². The van der Waals surface area contributed by atoms with Gasteiger partial charge in [-0.25, -0.2) is 4.79 Å². The molecule has 0 aliphatic carbocycles. The van der Waals surface area contributed by atoms with E-state index in [0.29, 0.717) is 6.54 Å². The maximum absolute atomic E-state index is 11.1. The average molecular weight is 237 g/mol. The monoisotopic (exact) mass is 237 g/mol. The van der Waals surface area contributed by atoms with Crippen molar-refractivity contribution in [2.24, 2.45) is 0 Å². The Hall–Kier alpha value is -1.71. The predicted molar refractivity (Wildman–Crippen MR) is 66.4 cm³/mol. The van der Waals surface area contributed by atoms with E-state index in [1.165, 1.54) is 7.11 Å². The van der Waals surface area contributed by atoms with Gasteiger partial charge in [0.2, 0.25) is 0 Å². The Kier molecular flexibility index (Phi) is 4.37. The van der Waals surface area contributed by atoms with Crippen LogP contribution in [0.25, 0.3) is 0 Å². The van der Waals surface area contributed by atoms with Crippen LogP contribution in [0.5, 0.6) is 5.75 Å². The number of carbonyl (C=O) groups excluding carboxylic acids is 1. The van der Waals surface area contributed by atoms with Gasteiger partial charge < -0.3 is 14.8 Å². The van der Waals surface area contributed by atoms with Crippen LogP contribution in [0.15, 0.2) is 24.3 Å². The molecule has 0 aromatic heterocycles. The summed E-state index contributed by atoms with van der Waals surface area (Å²) >= 11 is 0. The van der Waals surface area contributed by atoms with E-state index in [-0.39, 0.29) is 5.41 Å². The summed E-state index contributed by atoms with van der Waals surface area (Å²) in [6.45, 7) is 4.57. The lowest BCUT2D eigenvalue weighted by molar-refractivity contribution is 0.168. The third kappa shape index (κ3) is 3.37. The number of ether oxygens (including phenoxy) is 2. The highest BCUT2D eigenvalue weighted by Gasteiger charge is 2.24. The van der Waals surface area contributed by atoms with Crippen LogP contribution in [-0.2, 0) is 10.2 Å². The van der Waals surface area contributed by atoms with E-state index in [1.54, 1.807) is 7.11 Å². The third-order valence-electron chi connectivity index (χ3n) is 2.70. The molecule has 0 heterocycles. The molecule has 0 atom stereocenters. The second kappa shape index (κ2) is 5.57. The molecule has 0 saturated heterocycles. The van der Waals surface area contributed by atoms with E-state index < -0.39 is 6.09 Å². The van der Waals surface area contributed by atoms with Crippen molar-refractivity contribution >= 4 is 6.09 Å². The number of nitrogens with one attached hydrogen (secondary N) is 1. The average Bonchev–Trinajstić information content (AvgIpc) is 2.35. The van der Waals surface area contributed by atoms with Crippen LogP contribution >= 0.6 is 0 Å². The Bertz CT molecular complexity index is 388. The van der Waals surface area contributed by atoms with Gasteiger partial charge in [-0.2, -0.15) is 0 Å². The van der Waals surface area contributed by atoms with Crippen molar-refractivity contribution in [3.05, 3.63) is 29.8 Å². The highest BCUT2D eigenvalue weighted by molar-refractivity contribution is 5.67. The summed E-state index contributed by atoms with van der Waals surface area (Å²) in [5, 5.41) is 2.71. The molecule has 0 bridgehead atoms. The van der Waals surface area contributed by atoms with Crippen molar-refractivity contribution in [2.75, 3.05) is 20.8 Å². The minimum Gasteiger partial charge on any atom is -0.496 e. The van der Waals surface area contributed by atoms with Crippen LogP contribution in [-0.4, -0.2) is 26.9 Å². The Morgan fingerprint density at radius 3 is 2.53 bits per heavy atom. The van der Waals surface area contributed by atoms with Crippen molar-refractivity contribution in [1.82, 2.24) is 5.32 Å². The van der Waals surface area contributed by atoms with Crippen molar-refractivity contribution in [2.45, 2.75) is 19.3 Å². The molecule has 1 amide bonds. The number of benzene rings is 1. The summed E-state index contributed by atoms with van der Waals surface area (Å²) in [5.41, 5.74) is 0.833. The number of carbonyl (C=O) groups is 1. The summed E-state index contributed by atoms with van der Waals surface area (Å²) in [6, 6.07) is 7.79. The zero-order chi connectivity index (χ0) is 12.9. The third-order valence-corrected chi connectivity index (χ3v) is 2.70. The van der Waals surface area contributed by atoms with Crippen molar-refractivity contribution < 1.29 is 14.3 Å². The topological polar surface area (TPSA) is 47.6 Å². The van der Waals surface area contributed by atoms with Gasteiger partial charge in [-0.15, -0.1) is 0 Å². The predicted octanol–water partition coefficient (Wildman–Crippen LogP) is 2.33. The molecule has 0 fully saturated rings. The van der Waals surface area contributed by atoms with Crippen molar-refractivity contribution in [3.8, 4) is 5.75 Å². The normalized spacial score (nSPS) is 10.8. The second-order valence-electron chi connectivity index (χ2n) is 4.43. The quantitative estimate of drug-likeness (QED) is 0.874. The summed E-state index contributed by atoms with van der Waals surface area (Å²) in [5.74, 6) is 0.823. The first-order valence-corrected chi connectivity index (χ1v) is 5.46. The number of methoxy groups -OCH3 is 2. The van der Waals surface area contributed by atoms with E-state index in [2.05, 4.69) is 10.1 Å². The molecule has 4 heteroatoms. The maximum Gasteiger partial charge on any atom is 0.406 e. The molecule has 1 aromatic rings. The molecule has 94 valence electrons. The Labute approximate surface area is 102 Å². The fraction of sp³-hybridized carbons (Fsp3) is 0.462. The molecule has 1 rings (SSSR count). The van der Waals surface area contributed by atoms with Crippen LogP contribution in [0, 0.1) is 0 Å². The molecule has 0 unspecified atom stereocenters. The fourth-order valence-corrected chi connectivity index (χ4v) is 1.66. The minimum absolute atomic E-state index is 0.221. The molecule has 4 nitrogen and oxygen atoms in total. The molecule has 0 aliphatic rings. The summed E-state index contributed by atoms with van der Waals surface area (Å²) < 4.78 is 9.88. The van der Waals surface area contributed by atoms with Crippen LogP contribution in [0.4, 0.5) is 4.79 Å². The standard InChI is InChI=1S/C13H19NO3/c1-13(2,9-14-12(15)17-4)10-7-5-6-8-11(10)16-3/h5-8H,9H2,1-4H3,(H,14,15). The molecule has 1 aromatic carbocycles. The first kappa shape index (κ1) is 13.4. The maximum atomic E-state index is 11.1. The number of rotatable bonds is 4. The van der Waals surface area contributed by atoms with Gasteiger partial charge in [0, 0.05) is 17.5 Å². The van der Waals surface area contributed by atoms with Gasteiger partial charge in [0.25, 0.3) is 0 Å². The zero-order valence-corrected chi connectivity index (χ0v) is 10.7. The smallest absolute Gasteiger partial charge is 0.406 e. The molecule has 0 saturated carbocycles. The van der Waals surface area contributed by atoms with Crippen LogP contribution in [0.3, 0.4) is 0 Å². The fourth-order valence-electron chi connectivity index (χ4n) is 1.66. The van der Waals surface area contributed by atoms with Gasteiger partial charge in [-0.3, -0.25) is 0 Å². The largest absolute Gasteiger partial charge is 0.496 e. The summed E-state index contributed by atoms with van der Waals surface area (Å²) in [4.78, 5) is 11.1. The van der Waals surface area contributed by atoms with Crippen molar-refractivity contribution in [1.29, 1.82) is 0 Å². The second-order valence-corrected chi connectivity index (χ2v) is 4.43. The van der Waals surface area contributed by atoms with Gasteiger partial charge in [-0.05, 0) is 6.07 Å². The van der Waals surface area contributed by atoms with Gasteiger partial charge in [0.05, 0.1) is 14.2 Å². The van der Waals surface area contributed by atoms with E-state index in [9.17, 15) is 4.79 Å². The molecule has 0 aliphatic heterocycles. The lowest BCUT2D eigenvalue weighted by Crippen LogP contribution is -2.36. The number of alkyl carbamates (subject to hydrolysis) is 1. The van der Waals surface area contributed by atoms with Crippen LogP contribution < -0.4 is 10.1 Å². The van der Waals surface area contributed by atoms with Gasteiger partial charge >= 0.3 is 6.09 Å². The van der Waals surface area contributed by atoms with Crippen LogP contribution in [0.2, 0.25) is 0 Å². The highest BCUT2D eigenvalue weighted by Crippen LogP contribution is 2.30. The van der Waals surface area contributed by atoms with E-state index in [4.69, 9.17) is 4.74 Å². The van der Waals surface area contributed by atoms with E-state index in [1.807, 2.05) is 38.1 Å². The number of para-hydroxylation sites is 1. The first-order chi connectivity index (χ1) is 8.01. The molecule has 0 radical (unpaired) electrons. The summed E-state index contributed by atoms with van der Waals surface area (Å²) in [6.07, 6.45) is -0.423. The molecule has 1 N–H and O–H groups in total. The Morgan fingerprint density at radius 2 is 1.94 bits per heavy atom. The molecular formula is C13H19NO3. The zero-order valence-electron chi connectivity index (χ0n) is 10.7. The van der Waals surface area contributed by atoms with Crippen molar-refractivity contribution in [3.63, 3.8) is 0 Å². The number of amides is 1. The van der Waals surface area contributed by atoms with Gasteiger partial charge in [-0.1, -0.05) is 32.0 Å². The van der Waals surface area contributed by atoms with Crippen LogP contribution in [0.1, 0.15) is 19.4 Å². The molecular weight excluding hydrogens is 218 g/mol. The minimum atomic E-state index is -0.423. The summed E-state index contributed by atoms with van der Waals surface area (Å²) in [7, 11) is 2.99. The van der Waals surface area contributed by atoms with E-state index >= 15 is 0 Å². The molecule has 0 spiro atoms. The SMILES string of the molecule is COC(=O)NCC(C)(C)c1ccccc1OC. The Morgan fingerprint density at radius 1 is 1.29 bits per heavy atom. The first-order valence-electron chi connectivity index (χ1n) is 5.46. The highest BCUT2D eigenvalue weighted by atomic mass is 16.5.